The molecule has 27 aromatic rings. The Morgan fingerprint density at radius 2 is 0.527 bits per heavy atom. The summed E-state index contributed by atoms with van der Waals surface area (Å²) in [7, 11) is 0. The second kappa shape index (κ2) is 36.2. The molecular formula is C133H85N17. The molecule has 17 heteroatoms. The van der Waals surface area contributed by atoms with Gasteiger partial charge in [0.05, 0.1) is 78.3 Å². The van der Waals surface area contributed by atoms with Gasteiger partial charge in [-0.15, -0.1) is 0 Å². The lowest BCUT2D eigenvalue weighted by Crippen LogP contribution is -2.36. The van der Waals surface area contributed by atoms with Crippen molar-refractivity contribution in [2.75, 3.05) is 0 Å². The van der Waals surface area contributed by atoms with Crippen molar-refractivity contribution in [3.8, 4) is 120 Å². The third-order valence-electron chi connectivity index (χ3n) is 29.7. The molecule has 13 heterocycles. The van der Waals surface area contributed by atoms with Crippen LogP contribution in [-0.4, -0.2) is 83.5 Å². The van der Waals surface area contributed by atoms with E-state index in [0.717, 1.165) is 172 Å². The molecule has 702 valence electrons. The highest BCUT2D eigenvalue weighted by atomic mass is 15.1. The first-order valence-corrected chi connectivity index (χ1v) is 50.2. The summed E-state index contributed by atoms with van der Waals surface area (Å²) in [6.07, 6.45) is 11.3. The first-order chi connectivity index (χ1) is 74.4. The third kappa shape index (κ3) is 14.1. The van der Waals surface area contributed by atoms with Crippen molar-refractivity contribution < 1.29 is 0 Å². The average molecular weight is 1920 g/mol. The molecule has 0 spiro atoms. The van der Waals surface area contributed by atoms with Crippen LogP contribution >= 0.6 is 0 Å². The Hall–Kier alpha value is -20.3. The first kappa shape index (κ1) is 87.5. The number of hydrogen-bond donors (Lipinski definition) is 0. The Morgan fingerprint density at radius 3 is 1.01 bits per heavy atom. The van der Waals surface area contributed by atoms with Crippen LogP contribution in [-0.2, 0) is 16.2 Å². The minimum Gasteiger partial charge on any atom is -0.308 e. The van der Waals surface area contributed by atoms with E-state index < -0.39 is 16.2 Å². The fourth-order valence-electron chi connectivity index (χ4n) is 23.3. The number of hydrogen-bond acceptors (Lipinski definition) is 14. The largest absolute Gasteiger partial charge is 0.308 e. The minimum absolute atomic E-state index is 0.611. The van der Waals surface area contributed by atoms with Crippen LogP contribution in [0.25, 0.3) is 185 Å². The van der Waals surface area contributed by atoms with E-state index >= 15 is 0 Å². The maximum absolute atomic E-state index is 5.18. The quantitative estimate of drug-likeness (QED) is 0.0940. The van der Waals surface area contributed by atoms with Gasteiger partial charge in [0.2, 0.25) is 0 Å². The van der Waals surface area contributed by atoms with Crippen molar-refractivity contribution in [1.82, 2.24) is 83.5 Å². The lowest BCUT2D eigenvalue weighted by atomic mass is 9.63. The lowest BCUT2D eigenvalue weighted by Gasteiger charge is -2.42. The zero-order valence-corrected chi connectivity index (χ0v) is 80.7. The Morgan fingerprint density at radius 1 is 0.173 bits per heavy atom. The normalized spacial score (nSPS) is 13.0. The van der Waals surface area contributed by atoms with Crippen molar-refractivity contribution in [3.05, 3.63) is 583 Å². The van der Waals surface area contributed by atoms with Gasteiger partial charge in [0.1, 0.15) is 17.4 Å². The van der Waals surface area contributed by atoms with Crippen molar-refractivity contribution in [2.45, 2.75) is 16.2 Å². The van der Waals surface area contributed by atoms with Crippen LogP contribution in [0.15, 0.2) is 517 Å². The zero-order chi connectivity index (χ0) is 99.2. The predicted molar refractivity (Wildman–Crippen MR) is 596 cm³/mol. The summed E-state index contributed by atoms with van der Waals surface area (Å²) >= 11 is 0. The molecule has 30 rings (SSSR count). The van der Waals surface area contributed by atoms with Crippen LogP contribution in [0.5, 0.6) is 0 Å². The summed E-state index contributed by atoms with van der Waals surface area (Å²) in [5.41, 5.74) is 31.7. The molecule has 17 nitrogen and oxygen atoms in total. The van der Waals surface area contributed by atoms with E-state index in [4.69, 9.17) is 59.8 Å². The monoisotopic (exact) mass is 1920 g/mol. The molecule has 0 unspecified atom stereocenters. The summed E-state index contributed by atoms with van der Waals surface area (Å²) in [6, 6.07) is 167. The van der Waals surface area contributed by atoms with Gasteiger partial charge in [-0.05, 0) is 140 Å². The maximum atomic E-state index is 5.18. The number of aromatic nitrogens is 17. The molecule has 3 aliphatic heterocycles. The van der Waals surface area contributed by atoms with Gasteiger partial charge in [-0.25, -0.2) is 54.8 Å². The molecular weight excluding hydrogens is 1840 g/mol. The van der Waals surface area contributed by atoms with Crippen LogP contribution in [0.1, 0.15) is 66.9 Å². The third-order valence-corrected chi connectivity index (χ3v) is 29.7. The van der Waals surface area contributed by atoms with Gasteiger partial charge in [0.25, 0.3) is 0 Å². The average Bonchev–Trinajstić information content (AvgIpc) is 1.46. The van der Waals surface area contributed by atoms with Gasteiger partial charge in [-0.1, -0.05) is 400 Å². The van der Waals surface area contributed by atoms with Crippen molar-refractivity contribution >= 4 is 65.7 Å². The summed E-state index contributed by atoms with van der Waals surface area (Å²) in [6.45, 7) is 0. The van der Waals surface area contributed by atoms with Crippen molar-refractivity contribution in [2.24, 2.45) is 0 Å². The molecule has 3 aliphatic rings. The van der Waals surface area contributed by atoms with E-state index in [1.807, 2.05) is 219 Å². The number of para-hydroxylation sites is 2. The highest BCUT2D eigenvalue weighted by Gasteiger charge is 2.50. The smallest absolute Gasteiger partial charge is 0.164 e. The second-order valence-corrected chi connectivity index (χ2v) is 37.7. The standard InChI is InChI=1S/C45H29N5.2C44H28N6/c1-5-15-30(16-6-1)42-47-43(31-17-7-2-8-18-31)49-44(48-42)32-27-35-36-29-46-26-25-39(36)50-40-24-14-13-23-37(40)45(38(28-32)41(35)50,33-19-9-3-10-20-33)34-21-11-4-12-22-34;1-5-14-29(15-6-1)41-47-42(30-16-7-2-8-17-30)49-43(48-41)31-23-24-36-35(28-31)44(32-18-9-3-10-19-32,33-20-11-4-12-21-33)34-25-27-46-39-38-37(22-13-26-45-38)50(36)40(34)39;1-5-14-29(15-6-1)41-47-42(30-16-7-2-8-17-30)49-43(48-41)31-24-25-37-35(26-31)34-22-13-23-36-39(34)50(37)38-27-45-28-46-40(38)44(36,32-18-9-3-10-19-32)33-20-11-4-12-21-33/h1-29H;2*1-28H. The number of pyridine rings is 3. The summed E-state index contributed by atoms with van der Waals surface area (Å²) < 4.78 is 7.09. The molecule has 17 aromatic carbocycles. The van der Waals surface area contributed by atoms with E-state index in [9.17, 15) is 0 Å². The SMILES string of the molecule is c1ccc(-c2nc(-c3ccccc3)nc(-c3cc4c5c(c3)c3cnccc3n5-c3ccccc3C4(c3ccccc3)c3ccccc3)n2)cc1.c1ccc(-c2nc(-c3ccccc3)nc(-c3ccc4c(c3)C(c3ccccc3)(c3ccccc3)c3ccnc5c6ncccc6n-4c35)n2)cc1.c1ccc(-c2nc(-c3ccccc3)nc(-c3ccc4c(c3)c3cccc5c3n4-c3cncnc3C5(c3ccccc3)c3ccccc3)n2)cc1. The Labute approximate surface area is 862 Å². The Balaban J connectivity index is 0.000000108. The number of fused-ring (bicyclic) bond motifs is 15. The van der Waals surface area contributed by atoms with Crippen molar-refractivity contribution in [3.63, 3.8) is 0 Å². The molecule has 0 atom stereocenters. The highest BCUT2D eigenvalue weighted by molar-refractivity contribution is 6.15. The van der Waals surface area contributed by atoms with E-state index in [2.05, 4.69) is 315 Å². The van der Waals surface area contributed by atoms with Gasteiger partial charge in [0.15, 0.2) is 52.4 Å². The lowest BCUT2D eigenvalue weighted by molar-refractivity contribution is 0.691. The minimum atomic E-state index is -0.684. The number of benzene rings is 17. The van der Waals surface area contributed by atoms with E-state index in [1.54, 1.807) is 6.33 Å². The van der Waals surface area contributed by atoms with Gasteiger partial charge >= 0.3 is 0 Å². The Kier molecular flexibility index (Phi) is 21.1. The molecule has 0 saturated carbocycles. The van der Waals surface area contributed by atoms with Crippen LogP contribution in [0.2, 0.25) is 0 Å². The molecule has 0 aliphatic carbocycles. The molecule has 0 amide bonds. The molecule has 0 saturated heterocycles. The van der Waals surface area contributed by atoms with Gasteiger partial charge in [-0.2, -0.15) is 0 Å². The van der Waals surface area contributed by atoms with E-state index in [0.29, 0.717) is 52.4 Å². The summed E-state index contributed by atoms with van der Waals surface area (Å²) in [4.78, 5) is 69.6. The van der Waals surface area contributed by atoms with Crippen LogP contribution < -0.4 is 0 Å². The van der Waals surface area contributed by atoms with E-state index in [1.165, 1.54) is 27.8 Å². The second-order valence-electron chi connectivity index (χ2n) is 37.7. The number of rotatable bonds is 15. The van der Waals surface area contributed by atoms with Crippen molar-refractivity contribution in [1.29, 1.82) is 0 Å². The molecule has 0 bridgehead atoms. The fraction of sp³-hybridized carbons (Fsp3) is 0.0226. The number of nitrogens with zero attached hydrogens (tertiary/aromatic N) is 17. The van der Waals surface area contributed by atoms with Crippen LogP contribution in [0.4, 0.5) is 0 Å². The molecule has 0 N–H and O–H groups in total. The van der Waals surface area contributed by atoms with Crippen LogP contribution in [0.3, 0.4) is 0 Å². The van der Waals surface area contributed by atoms with Gasteiger partial charge in [-0.3, -0.25) is 15.0 Å². The predicted octanol–water partition coefficient (Wildman–Crippen LogP) is 29.0. The summed E-state index contributed by atoms with van der Waals surface area (Å²) in [5.74, 6) is 5.66. The fourth-order valence-corrected chi connectivity index (χ4v) is 23.3. The molecule has 150 heavy (non-hydrogen) atoms. The molecule has 0 fully saturated rings. The topological polar surface area (TPSA) is 195 Å². The molecule has 10 aromatic heterocycles. The highest BCUT2D eigenvalue weighted by Crippen LogP contribution is 2.59. The van der Waals surface area contributed by atoms with Crippen LogP contribution in [0, 0.1) is 0 Å². The van der Waals surface area contributed by atoms with Gasteiger partial charge in [0, 0.05) is 96.4 Å². The first-order valence-electron chi connectivity index (χ1n) is 50.2. The van der Waals surface area contributed by atoms with Gasteiger partial charge < -0.3 is 13.7 Å². The summed E-state index contributed by atoms with van der Waals surface area (Å²) in [5, 5.41) is 4.44. The van der Waals surface area contributed by atoms with E-state index in [-0.39, 0.29) is 0 Å². The molecule has 0 radical (unpaired) electrons. The maximum Gasteiger partial charge on any atom is 0.164 e. The zero-order valence-electron chi connectivity index (χ0n) is 80.7. The Bertz CT molecular complexity index is 9490.